The number of carbonyl (C=O) groups excluding carboxylic acids is 1. The minimum Gasteiger partial charge on any atom is -0.461 e. The minimum atomic E-state index is -0.319. The fourth-order valence-corrected chi connectivity index (χ4v) is 2.70. The van der Waals surface area contributed by atoms with Crippen LogP contribution in [0, 0.1) is 0 Å². The molecule has 4 heteroatoms. The smallest absolute Gasteiger partial charge is 0.354 e. The molecule has 4 nitrogen and oxygen atoms in total. The van der Waals surface area contributed by atoms with E-state index in [1.54, 1.807) is 6.92 Å². The van der Waals surface area contributed by atoms with Gasteiger partial charge in [0.1, 0.15) is 5.69 Å². The zero-order valence-corrected chi connectivity index (χ0v) is 13.7. The van der Waals surface area contributed by atoms with Crippen LogP contribution < -0.4 is 0 Å². The molecule has 0 aliphatic heterocycles. The summed E-state index contributed by atoms with van der Waals surface area (Å²) in [6.07, 6.45) is 0.796. The Bertz CT molecular complexity index is 808. The number of carbonyl (C=O) groups is 1. The van der Waals surface area contributed by atoms with E-state index in [4.69, 9.17) is 9.47 Å². The number of nitrogens with one attached hydrogen (secondary N) is 1. The molecule has 124 valence electrons. The summed E-state index contributed by atoms with van der Waals surface area (Å²) in [4.78, 5) is 15.0. The van der Waals surface area contributed by atoms with Crippen LogP contribution >= 0.6 is 0 Å². The lowest BCUT2D eigenvalue weighted by atomic mass is 10.1. The summed E-state index contributed by atoms with van der Waals surface area (Å²) in [7, 11) is 0. The molecule has 0 fully saturated rings. The van der Waals surface area contributed by atoms with Crippen molar-refractivity contribution in [2.24, 2.45) is 0 Å². The lowest BCUT2D eigenvalue weighted by Gasteiger charge is -2.05. The Morgan fingerprint density at radius 2 is 1.92 bits per heavy atom. The number of benzene rings is 2. The predicted molar refractivity (Wildman–Crippen MR) is 94.1 cm³/mol. The van der Waals surface area contributed by atoms with Gasteiger partial charge in [0.2, 0.25) is 0 Å². The van der Waals surface area contributed by atoms with Crippen LogP contribution in [0.4, 0.5) is 0 Å². The van der Waals surface area contributed by atoms with E-state index in [9.17, 15) is 4.79 Å². The van der Waals surface area contributed by atoms with Crippen LogP contribution in [0.2, 0.25) is 0 Å². The van der Waals surface area contributed by atoms with E-state index in [0.29, 0.717) is 25.5 Å². The topological polar surface area (TPSA) is 51.3 Å². The van der Waals surface area contributed by atoms with Crippen LogP contribution in [0.1, 0.15) is 28.5 Å². The molecule has 24 heavy (non-hydrogen) atoms. The van der Waals surface area contributed by atoms with Gasteiger partial charge in [0.25, 0.3) is 0 Å². The highest BCUT2D eigenvalue weighted by Gasteiger charge is 2.12. The van der Waals surface area contributed by atoms with Crippen LogP contribution in [0.3, 0.4) is 0 Å². The van der Waals surface area contributed by atoms with E-state index in [0.717, 1.165) is 22.9 Å². The average molecular weight is 323 g/mol. The van der Waals surface area contributed by atoms with Gasteiger partial charge in [-0.15, -0.1) is 0 Å². The fourth-order valence-electron chi connectivity index (χ4n) is 2.70. The van der Waals surface area contributed by atoms with Crippen molar-refractivity contribution >= 4 is 16.9 Å². The zero-order chi connectivity index (χ0) is 16.8. The average Bonchev–Trinajstić information content (AvgIpc) is 3.05. The minimum absolute atomic E-state index is 0.319. The molecule has 0 aliphatic carbocycles. The first-order valence-electron chi connectivity index (χ1n) is 8.17. The second-order valence-corrected chi connectivity index (χ2v) is 5.57. The molecule has 2 aromatic carbocycles. The second kappa shape index (κ2) is 7.79. The van der Waals surface area contributed by atoms with Crippen molar-refractivity contribution in [3.05, 3.63) is 71.4 Å². The molecular formula is C20H21NO3. The fraction of sp³-hybridized carbons (Fsp3) is 0.250. The second-order valence-electron chi connectivity index (χ2n) is 5.57. The monoisotopic (exact) mass is 323 g/mol. The lowest BCUT2D eigenvalue weighted by molar-refractivity contribution is 0.0520. The van der Waals surface area contributed by atoms with Gasteiger partial charge in [-0.3, -0.25) is 0 Å². The standard InChI is InChI=1S/C20H21NO3/c1-2-24-20(22)19-13-17-16(9-6-10-18(17)21-19)11-12-23-14-15-7-4-3-5-8-15/h3-10,13,21H,2,11-12,14H2,1H3. The van der Waals surface area contributed by atoms with Crippen molar-refractivity contribution in [2.75, 3.05) is 13.2 Å². The van der Waals surface area contributed by atoms with Crippen LogP contribution in [0.5, 0.6) is 0 Å². The molecule has 0 unspecified atom stereocenters. The summed E-state index contributed by atoms with van der Waals surface area (Å²) in [6, 6.07) is 18.0. The first kappa shape index (κ1) is 16.3. The summed E-state index contributed by atoms with van der Waals surface area (Å²) in [5.41, 5.74) is 3.76. The Morgan fingerprint density at radius 3 is 2.71 bits per heavy atom. The first-order chi connectivity index (χ1) is 11.8. The number of ether oxygens (including phenoxy) is 2. The van der Waals surface area contributed by atoms with Crippen molar-refractivity contribution in [3.63, 3.8) is 0 Å². The van der Waals surface area contributed by atoms with Crippen LogP contribution in [0.15, 0.2) is 54.6 Å². The number of H-pyrrole nitrogens is 1. The van der Waals surface area contributed by atoms with Crippen LogP contribution in [0.25, 0.3) is 10.9 Å². The van der Waals surface area contributed by atoms with Gasteiger partial charge in [-0.05, 0) is 36.6 Å². The Kier molecular flexibility index (Phi) is 5.29. The first-order valence-corrected chi connectivity index (χ1v) is 8.17. The number of esters is 1. The molecule has 3 rings (SSSR count). The van der Waals surface area contributed by atoms with Gasteiger partial charge in [0.15, 0.2) is 0 Å². The van der Waals surface area contributed by atoms with Gasteiger partial charge in [-0.2, -0.15) is 0 Å². The van der Waals surface area contributed by atoms with Gasteiger partial charge in [0, 0.05) is 10.9 Å². The molecule has 0 amide bonds. The Labute approximate surface area is 141 Å². The van der Waals surface area contributed by atoms with E-state index in [2.05, 4.69) is 23.2 Å². The molecule has 0 radical (unpaired) electrons. The summed E-state index contributed by atoms with van der Waals surface area (Å²) in [6.45, 7) is 3.41. The van der Waals surface area contributed by atoms with Gasteiger partial charge in [-0.1, -0.05) is 42.5 Å². The van der Waals surface area contributed by atoms with Crippen LogP contribution in [-0.2, 0) is 22.5 Å². The molecule has 1 heterocycles. The molecule has 0 aliphatic rings. The number of hydrogen-bond donors (Lipinski definition) is 1. The van der Waals surface area contributed by atoms with Crippen molar-refractivity contribution in [2.45, 2.75) is 20.0 Å². The predicted octanol–water partition coefficient (Wildman–Crippen LogP) is 4.10. The number of fused-ring (bicyclic) bond motifs is 1. The molecule has 1 N–H and O–H groups in total. The molecule has 1 aromatic heterocycles. The molecule has 0 bridgehead atoms. The number of hydrogen-bond acceptors (Lipinski definition) is 3. The Hall–Kier alpha value is -2.59. The van der Waals surface area contributed by atoms with Crippen molar-refractivity contribution in [1.29, 1.82) is 0 Å². The summed E-state index contributed by atoms with van der Waals surface area (Å²) >= 11 is 0. The van der Waals surface area contributed by atoms with E-state index in [-0.39, 0.29) is 5.97 Å². The maximum Gasteiger partial charge on any atom is 0.354 e. The van der Waals surface area contributed by atoms with Crippen molar-refractivity contribution in [1.82, 2.24) is 4.98 Å². The SMILES string of the molecule is CCOC(=O)c1cc2c(CCOCc3ccccc3)cccc2[nH]1. The van der Waals surface area contributed by atoms with E-state index < -0.39 is 0 Å². The third-order valence-corrected chi connectivity index (χ3v) is 3.88. The van der Waals surface area contributed by atoms with Crippen LogP contribution in [-0.4, -0.2) is 24.2 Å². The van der Waals surface area contributed by atoms with E-state index in [1.165, 1.54) is 5.56 Å². The number of rotatable bonds is 7. The molecule has 0 atom stereocenters. The molecule has 0 saturated carbocycles. The Balaban J connectivity index is 1.65. The highest BCUT2D eigenvalue weighted by molar-refractivity contribution is 5.95. The van der Waals surface area contributed by atoms with Crippen molar-refractivity contribution in [3.8, 4) is 0 Å². The maximum absolute atomic E-state index is 11.9. The molecular weight excluding hydrogens is 302 g/mol. The number of aromatic nitrogens is 1. The van der Waals surface area contributed by atoms with Crippen molar-refractivity contribution < 1.29 is 14.3 Å². The summed E-state index contributed by atoms with van der Waals surface area (Å²) < 4.78 is 10.8. The third-order valence-electron chi connectivity index (χ3n) is 3.88. The van der Waals surface area contributed by atoms with E-state index >= 15 is 0 Å². The summed E-state index contributed by atoms with van der Waals surface area (Å²) in [5, 5.41) is 1.05. The summed E-state index contributed by atoms with van der Waals surface area (Å²) in [5.74, 6) is -0.319. The van der Waals surface area contributed by atoms with Gasteiger partial charge in [0.05, 0.1) is 19.8 Å². The maximum atomic E-state index is 11.9. The zero-order valence-electron chi connectivity index (χ0n) is 13.7. The highest BCUT2D eigenvalue weighted by Crippen LogP contribution is 2.21. The molecule has 3 aromatic rings. The number of aromatic amines is 1. The van der Waals surface area contributed by atoms with Gasteiger partial charge in [-0.25, -0.2) is 4.79 Å². The molecule has 0 spiro atoms. The quantitative estimate of drug-likeness (QED) is 0.526. The normalized spacial score (nSPS) is 10.9. The van der Waals surface area contributed by atoms with Gasteiger partial charge < -0.3 is 14.5 Å². The largest absolute Gasteiger partial charge is 0.461 e. The molecule has 0 saturated heterocycles. The van der Waals surface area contributed by atoms with E-state index in [1.807, 2.05) is 36.4 Å². The lowest BCUT2D eigenvalue weighted by Crippen LogP contribution is -2.04. The van der Waals surface area contributed by atoms with Gasteiger partial charge >= 0.3 is 5.97 Å². The highest BCUT2D eigenvalue weighted by atomic mass is 16.5. The Morgan fingerprint density at radius 1 is 1.08 bits per heavy atom. The third kappa shape index (κ3) is 3.84.